The van der Waals surface area contributed by atoms with E-state index in [1.807, 2.05) is 16.5 Å². The van der Waals surface area contributed by atoms with Crippen molar-refractivity contribution in [1.82, 2.24) is 9.97 Å². The summed E-state index contributed by atoms with van der Waals surface area (Å²) in [7, 11) is 0. The highest BCUT2D eigenvalue weighted by Crippen LogP contribution is 2.33. The van der Waals surface area contributed by atoms with Crippen LogP contribution in [0.4, 0.5) is 19.0 Å². The third-order valence-electron chi connectivity index (χ3n) is 1.20. The van der Waals surface area contributed by atoms with Crippen LogP contribution in [0.1, 0.15) is 5.56 Å². The van der Waals surface area contributed by atoms with Crippen molar-refractivity contribution in [1.29, 1.82) is 0 Å². The fourth-order valence-corrected chi connectivity index (χ4v) is 1.03. The lowest BCUT2D eigenvalue weighted by atomic mass is 10.3. The standard InChI is InChI=1S/C5H2ClF3N3.Al/c6-4-11-1-2(3(10)12-4)5(7,8)9;/h1H,(H-,10,11,12);/q-1;+1. The lowest BCUT2D eigenvalue weighted by Gasteiger charge is -2.10. The highest BCUT2D eigenvalue weighted by molar-refractivity contribution is 6.28. The van der Waals surface area contributed by atoms with E-state index in [4.69, 9.17) is 11.6 Å². The molecule has 0 saturated carbocycles. The van der Waals surface area contributed by atoms with Crippen molar-refractivity contribution in [2.45, 2.75) is 6.18 Å². The summed E-state index contributed by atoms with van der Waals surface area (Å²) in [6.07, 6.45) is -3.86. The van der Waals surface area contributed by atoms with Crippen LogP contribution < -0.4 is 4.30 Å². The Morgan fingerprint density at radius 2 is 2.08 bits per heavy atom. The monoisotopic (exact) mass is 223 g/mol. The zero-order valence-corrected chi connectivity index (χ0v) is 7.97. The van der Waals surface area contributed by atoms with Gasteiger partial charge in [0.1, 0.15) is 11.4 Å². The molecule has 1 heterocycles. The van der Waals surface area contributed by atoms with Gasteiger partial charge in [0.15, 0.2) is 0 Å². The fourth-order valence-electron chi connectivity index (χ4n) is 0.678. The zero-order valence-electron chi connectivity index (χ0n) is 6.06. The molecule has 0 aliphatic heterocycles. The second-order valence-electron chi connectivity index (χ2n) is 2.04. The molecule has 3 nitrogen and oxygen atoms in total. The zero-order chi connectivity index (χ0) is 10.1. The third-order valence-corrected chi connectivity index (χ3v) is 1.66. The number of halogens is 4. The molecule has 0 bridgehead atoms. The number of anilines is 1. The number of nitrogens with one attached hydrogen (secondary N) is 1. The Morgan fingerprint density at radius 3 is 2.54 bits per heavy atom. The lowest BCUT2D eigenvalue weighted by Crippen LogP contribution is -2.11. The van der Waals surface area contributed by atoms with Crippen molar-refractivity contribution < 1.29 is 13.2 Å². The predicted molar refractivity (Wildman–Crippen MR) is 41.4 cm³/mol. The molecule has 0 aromatic carbocycles. The molecule has 0 fully saturated rings. The van der Waals surface area contributed by atoms with Crippen molar-refractivity contribution in [3.05, 3.63) is 17.0 Å². The van der Waals surface area contributed by atoms with E-state index >= 15 is 0 Å². The van der Waals surface area contributed by atoms with Crippen LogP contribution in [0, 0.1) is 0 Å². The molecule has 1 aromatic rings. The van der Waals surface area contributed by atoms with Gasteiger partial charge in [0.25, 0.3) is 0 Å². The van der Waals surface area contributed by atoms with Crippen LogP contribution in [0.15, 0.2) is 6.20 Å². The summed E-state index contributed by atoms with van der Waals surface area (Å²) in [6, 6.07) is 0. The Bertz CT molecular complexity index is 316. The molecule has 1 N–H and O–H groups in total. The van der Waals surface area contributed by atoms with E-state index in [0.29, 0.717) is 6.20 Å². The summed E-state index contributed by atoms with van der Waals surface area (Å²) >= 11 is 7.22. The number of aromatic nitrogens is 2. The molecule has 0 spiro atoms. The highest BCUT2D eigenvalue weighted by atomic mass is 35.5. The van der Waals surface area contributed by atoms with Gasteiger partial charge in [0.05, 0.1) is 0 Å². The van der Waals surface area contributed by atoms with Crippen LogP contribution in [0.5, 0.6) is 0 Å². The molecule has 0 saturated heterocycles. The van der Waals surface area contributed by atoms with Gasteiger partial charge in [-0.15, -0.1) is 0 Å². The quantitative estimate of drug-likeness (QED) is 0.581. The van der Waals surface area contributed by atoms with E-state index in [2.05, 4.69) is 14.3 Å². The van der Waals surface area contributed by atoms with E-state index < -0.39 is 11.7 Å². The van der Waals surface area contributed by atoms with Gasteiger partial charge in [-0.2, -0.15) is 13.2 Å². The average molecular weight is 224 g/mol. The molecular formula is C5H2AlClF3N3. The van der Waals surface area contributed by atoms with E-state index in [1.54, 1.807) is 0 Å². The van der Waals surface area contributed by atoms with E-state index in [1.165, 1.54) is 0 Å². The van der Waals surface area contributed by atoms with Crippen molar-refractivity contribution in [3.63, 3.8) is 0 Å². The molecule has 13 heavy (non-hydrogen) atoms. The van der Waals surface area contributed by atoms with Crippen LogP contribution in [0.25, 0.3) is 0 Å². The normalized spacial score (nSPS) is 11.4. The molecule has 0 aliphatic carbocycles. The van der Waals surface area contributed by atoms with Gasteiger partial charge in [0.2, 0.25) is 5.28 Å². The van der Waals surface area contributed by atoms with E-state index in [9.17, 15) is 13.2 Å². The molecular weight excluding hydrogens is 222 g/mol. The van der Waals surface area contributed by atoms with Crippen LogP contribution in [-0.2, 0) is 6.18 Å². The molecule has 2 radical (unpaired) electrons. The maximum Gasteiger partial charge on any atom is 0.421 e. The Morgan fingerprint density at radius 1 is 1.46 bits per heavy atom. The van der Waals surface area contributed by atoms with Gasteiger partial charge in [-0.25, -0.2) is 9.97 Å². The number of alkyl halides is 3. The molecule has 0 atom stereocenters. The minimum Gasteiger partial charge on any atom is -0.476 e. The maximum atomic E-state index is 12.2. The van der Waals surface area contributed by atoms with E-state index in [-0.39, 0.29) is 11.1 Å². The van der Waals surface area contributed by atoms with Crippen molar-refractivity contribution in [3.8, 4) is 0 Å². The Kier molecular flexibility index (Phi) is 3.01. The molecule has 0 unspecified atom stereocenters. The molecule has 0 aliphatic rings. The first-order valence-corrected chi connectivity index (χ1v) is 3.97. The van der Waals surface area contributed by atoms with Crippen molar-refractivity contribution in [2.24, 2.45) is 0 Å². The minimum atomic E-state index is -4.48. The first-order valence-electron chi connectivity index (χ1n) is 3.01. The minimum absolute atomic E-state index is 0.238. The van der Waals surface area contributed by atoms with Crippen LogP contribution >= 0.6 is 11.6 Å². The maximum absolute atomic E-state index is 12.2. The largest absolute Gasteiger partial charge is 0.476 e. The van der Waals surface area contributed by atoms with Gasteiger partial charge < -0.3 is 4.30 Å². The Balaban J connectivity index is 3.22. The SMILES string of the molecule is FC(F)(F)c1cnc(Cl)nc1[NH][Al]. The lowest BCUT2D eigenvalue weighted by molar-refractivity contribution is -0.137. The fraction of sp³-hybridized carbons (Fsp3) is 0.200. The van der Waals surface area contributed by atoms with Gasteiger partial charge in [-0.3, -0.25) is 0 Å². The molecule has 1 rings (SSSR count). The Hall–Kier alpha value is -0.508. The number of hydrogen-bond donors (Lipinski definition) is 1. The molecule has 0 amide bonds. The van der Waals surface area contributed by atoms with Gasteiger partial charge in [-0.1, -0.05) is 0 Å². The Labute approximate surface area is 85.0 Å². The van der Waals surface area contributed by atoms with Gasteiger partial charge >= 0.3 is 22.7 Å². The summed E-state index contributed by atoms with van der Waals surface area (Å²) in [4.78, 5) is 6.60. The number of nitrogens with zero attached hydrogens (tertiary/aromatic N) is 2. The smallest absolute Gasteiger partial charge is 0.421 e. The van der Waals surface area contributed by atoms with Crippen LogP contribution in [0.2, 0.25) is 5.28 Å². The number of hydrogen-bond acceptors (Lipinski definition) is 3. The van der Waals surface area contributed by atoms with Crippen molar-refractivity contribution >= 4 is 33.9 Å². The van der Waals surface area contributed by atoms with Gasteiger partial charge in [0, 0.05) is 6.20 Å². The summed E-state index contributed by atoms with van der Waals surface area (Å²) in [5.41, 5.74) is -0.952. The van der Waals surface area contributed by atoms with E-state index in [0.717, 1.165) is 0 Å². The summed E-state index contributed by atoms with van der Waals surface area (Å²) in [6.45, 7) is 0. The average Bonchev–Trinajstić information content (AvgIpc) is 2.01. The summed E-state index contributed by atoms with van der Waals surface area (Å²) < 4.78 is 38.8. The number of rotatable bonds is 1. The molecule has 8 heteroatoms. The summed E-state index contributed by atoms with van der Waals surface area (Å²) in [5, 5.41) is -0.238. The second kappa shape index (κ2) is 3.70. The van der Waals surface area contributed by atoms with Crippen molar-refractivity contribution in [2.75, 3.05) is 4.30 Å². The molecule has 1 aromatic heterocycles. The first kappa shape index (κ1) is 10.6. The predicted octanol–water partition coefficient (Wildman–Crippen LogP) is 1.64. The highest BCUT2D eigenvalue weighted by Gasteiger charge is 2.34. The van der Waals surface area contributed by atoms with Crippen LogP contribution in [0.3, 0.4) is 0 Å². The second-order valence-corrected chi connectivity index (χ2v) is 2.67. The van der Waals surface area contributed by atoms with Crippen LogP contribution in [-0.4, -0.2) is 26.5 Å². The first-order chi connectivity index (χ1) is 5.95. The van der Waals surface area contributed by atoms with Gasteiger partial charge in [-0.05, 0) is 11.6 Å². The topological polar surface area (TPSA) is 37.8 Å². The molecule has 68 valence electrons. The third kappa shape index (κ3) is 2.47. The summed E-state index contributed by atoms with van der Waals surface area (Å²) in [5.74, 6) is -0.363.